The molecule has 3 rings (SSSR count). The summed E-state index contributed by atoms with van der Waals surface area (Å²) in [7, 11) is -0.463. The van der Waals surface area contributed by atoms with Gasteiger partial charge in [-0.2, -0.15) is 0 Å². The first kappa shape index (κ1) is 23.1. The number of benzene rings is 3. The Labute approximate surface area is 188 Å². The number of carbonyl (C=O) groups is 1. The minimum absolute atomic E-state index is 0.211. The molecule has 0 spiro atoms. The number of nitrogens with zero attached hydrogens (tertiary/aromatic N) is 1. The van der Waals surface area contributed by atoms with Crippen molar-refractivity contribution in [3.05, 3.63) is 83.4 Å². The lowest BCUT2D eigenvalue weighted by Gasteiger charge is -2.23. The van der Waals surface area contributed by atoms with E-state index in [9.17, 15) is 13.2 Å². The molecule has 1 N–H and O–H groups in total. The van der Waals surface area contributed by atoms with Crippen LogP contribution in [0.15, 0.2) is 66.7 Å². The second-order valence-electron chi connectivity index (χ2n) is 7.27. The van der Waals surface area contributed by atoms with Crippen molar-refractivity contribution in [3.63, 3.8) is 0 Å². The van der Waals surface area contributed by atoms with Gasteiger partial charge in [-0.25, -0.2) is 8.42 Å². The average Bonchev–Trinajstić information content (AvgIpc) is 2.77. The number of hydrogen-bond acceptors (Lipinski definition) is 5. The molecule has 0 saturated carbocycles. The minimum Gasteiger partial charge on any atom is -0.493 e. The summed E-state index contributed by atoms with van der Waals surface area (Å²) < 4.78 is 36.7. The van der Waals surface area contributed by atoms with Gasteiger partial charge in [-0.05, 0) is 54.4 Å². The van der Waals surface area contributed by atoms with E-state index in [1.807, 2.05) is 31.2 Å². The normalized spacial score (nSPS) is 11.0. The Hall–Kier alpha value is -3.52. The zero-order valence-electron chi connectivity index (χ0n) is 18.5. The lowest BCUT2D eigenvalue weighted by atomic mass is 10.1. The molecule has 0 heterocycles. The van der Waals surface area contributed by atoms with Crippen LogP contribution in [0.25, 0.3) is 0 Å². The summed E-state index contributed by atoms with van der Waals surface area (Å²) in [6, 6.07) is 19.2. The molecule has 8 heteroatoms. The van der Waals surface area contributed by atoms with Crippen LogP contribution in [0.5, 0.6) is 11.5 Å². The van der Waals surface area contributed by atoms with Crippen molar-refractivity contribution in [2.45, 2.75) is 13.5 Å². The fourth-order valence-corrected chi connectivity index (χ4v) is 4.12. The molecule has 0 aliphatic rings. The van der Waals surface area contributed by atoms with Gasteiger partial charge in [-0.15, -0.1) is 0 Å². The standard InChI is InChI=1S/C24H26N2O5S/c1-17-7-5-6-8-19(17)16-26(32(4,28)29)21-12-9-18(10-13-21)24(27)25-20-11-14-22(30-2)23(15-20)31-3/h5-15H,16H2,1-4H3,(H,25,27). The zero-order valence-corrected chi connectivity index (χ0v) is 19.3. The van der Waals surface area contributed by atoms with Crippen LogP contribution in [-0.4, -0.2) is 34.8 Å². The monoisotopic (exact) mass is 454 g/mol. The summed E-state index contributed by atoms with van der Waals surface area (Å²) in [5.74, 6) is 0.735. The van der Waals surface area contributed by atoms with Gasteiger partial charge in [0.2, 0.25) is 10.0 Å². The quantitative estimate of drug-likeness (QED) is 0.551. The molecule has 0 aliphatic carbocycles. The third-order valence-corrected chi connectivity index (χ3v) is 6.18. The van der Waals surface area contributed by atoms with E-state index >= 15 is 0 Å². The molecular formula is C24H26N2O5S. The van der Waals surface area contributed by atoms with E-state index in [0.29, 0.717) is 28.4 Å². The molecule has 0 radical (unpaired) electrons. The fourth-order valence-electron chi connectivity index (χ4n) is 3.24. The number of ether oxygens (including phenoxy) is 2. The van der Waals surface area contributed by atoms with Gasteiger partial charge in [0.1, 0.15) is 0 Å². The molecule has 0 atom stereocenters. The molecule has 7 nitrogen and oxygen atoms in total. The fraction of sp³-hybridized carbons (Fsp3) is 0.208. The van der Waals surface area contributed by atoms with Gasteiger partial charge >= 0.3 is 0 Å². The zero-order chi connectivity index (χ0) is 23.3. The Bertz CT molecular complexity index is 1210. The smallest absolute Gasteiger partial charge is 0.255 e. The molecule has 0 bridgehead atoms. The molecule has 0 aliphatic heterocycles. The third kappa shape index (κ3) is 5.39. The first-order valence-corrected chi connectivity index (χ1v) is 11.7. The summed E-state index contributed by atoms with van der Waals surface area (Å²) in [6.45, 7) is 2.15. The highest BCUT2D eigenvalue weighted by Gasteiger charge is 2.19. The Balaban J connectivity index is 1.80. The Morgan fingerprint density at radius 1 is 0.938 bits per heavy atom. The van der Waals surface area contributed by atoms with E-state index in [1.54, 1.807) is 42.5 Å². The molecule has 168 valence electrons. The van der Waals surface area contributed by atoms with Crippen molar-refractivity contribution in [2.24, 2.45) is 0 Å². The number of carbonyl (C=O) groups excluding carboxylic acids is 1. The van der Waals surface area contributed by atoms with Crippen LogP contribution >= 0.6 is 0 Å². The van der Waals surface area contributed by atoms with E-state index in [1.165, 1.54) is 24.8 Å². The summed E-state index contributed by atoms with van der Waals surface area (Å²) in [4.78, 5) is 12.7. The average molecular weight is 455 g/mol. The molecule has 32 heavy (non-hydrogen) atoms. The highest BCUT2D eigenvalue weighted by Crippen LogP contribution is 2.30. The Morgan fingerprint density at radius 3 is 2.19 bits per heavy atom. The number of hydrogen-bond donors (Lipinski definition) is 1. The van der Waals surface area contributed by atoms with Crippen LogP contribution in [0.2, 0.25) is 0 Å². The Kier molecular flexibility index (Phi) is 7.05. The molecule has 3 aromatic rings. The van der Waals surface area contributed by atoms with Gasteiger partial charge in [0.25, 0.3) is 5.91 Å². The molecule has 3 aromatic carbocycles. The lowest BCUT2D eigenvalue weighted by Crippen LogP contribution is -2.29. The van der Waals surface area contributed by atoms with Crippen LogP contribution in [0, 0.1) is 6.92 Å². The van der Waals surface area contributed by atoms with Crippen molar-refractivity contribution in [1.82, 2.24) is 0 Å². The van der Waals surface area contributed by atoms with Crippen molar-refractivity contribution < 1.29 is 22.7 Å². The van der Waals surface area contributed by atoms with Gasteiger partial charge in [0.15, 0.2) is 11.5 Å². The van der Waals surface area contributed by atoms with Crippen molar-refractivity contribution in [2.75, 3.05) is 30.1 Å². The lowest BCUT2D eigenvalue weighted by molar-refractivity contribution is 0.102. The predicted octanol–water partition coefficient (Wildman–Crippen LogP) is 4.23. The summed E-state index contributed by atoms with van der Waals surface area (Å²) >= 11 is 0. The number of aryl methyl sites for hydroxylation is 1. The maximum atomic E-state index is 12.7. The van der Waals surface area contributed by atoms with Crippen molar-refractivity contribution in [1.29, 1.82) is 0 Å². The molecule has 1 amide bonds. The summed E-state index contributed by atoms with van der Waals surface area (Å²) in [6.07, 6.45) is 1.17. The van der Waals surface area contributed by atoms with E-state index in [-0.39, 0.29) is 12.5 Å². The van der Waals surface area contributed by atoms with E-state index in [2.05, 4.69) is 5.32 Å². The SMILES string of the molecule is COc1ccc(NC(=O)c2ccc(N(Cc3ccccc3C)S(C)(=O)=O)cc2)cc1OC. The highest BCUT2D eigenvalue weighted by atomic mass is 32.2. The van der Waals surface area contributed by atoms with Gasteiger partial charge in [-0.1, -0.05) is 24.3 Å². The summed E-state index contributed by atoms with van der Waals surface area (Å²) in [5.41, 5.74) is 3.35. The number of nitrogens with one attached hydrogen (secondary N) is 1. The van der Waals surface area contributed by atoms with E-state index in [4.69, 9.17) is 9.47 Å². The van der Waals surface area contributed by atoms with Gasteiger partial charge in [0, 0.05) is 17.3 Å². The van der Waals surface area contributed by atoms with Gasteiger partial charge in [0.05, 0.1) is 32.7 Å². The topological polar surface area (TPSA) is 84.9 Å². The minimum atomic E-state index is -3.52. The third-order valence-electron chi connectivity index (χ3n) is 5.03. The maximum absolute atomic E-state index is 12.7. The molecule has 0 aromatic heterocycles. The molecule has 0 saturated heterocycles. The van der Waals surface area contributed by atoms with E-state index < -0.39 is 10.0 Å². The van der Waals surface area contributed by atoms with E-state index in [0.717, 1.165) is 11.1 Å². The maximum Gasteiger partial charge on any atom is 0.255 e. The van der Waals surface area contributed by atoms with Gasteiger partial charge in [-0.3, -0.25) is 9.10 Å². The molecular weight excluding hydrogens is 428 g/mol. The van der Waals surface area contributed by atoms with Crippen molar-refractivity contribution >= 4 is 27.3 Å². The number of methoxy groups -OCH3 is 2. The molecule has 0 fully saturated rings. The van der Waals surface area contributed by atoms with Crippen LogP contribution in [0.3, 0.4) is 0 Å². The number of amides is 1. The predicted molar refractivity (Wildman–Crippen MR) is 126 cm³/mol. The Morgan fingerprint density at radius 2 is 1.59 bits per heavy atom. The second-order valence-corrected chi connectivity index (χ2v) is 9.17. The van der Waals surface area contributed by atoms with Crippen LogP contribution < -0.4 is 19.1 Å². The van der Waals surface area contributed by atoms with Gasteiger partial charge < -0.3 is 14.8 Å². The summed E-state index contributed by atoms with van der Waals surface area (Å²) in [5, 5.41) is 2.80. The van der Waals surface area contributed by atoms with Crippen LogP contribution in [0.4, 0.5) is 11.4 Å². The number of rotatable bonds is 8. The number of anilines is 2. The largest absolute Gasteiger partial charge is 0.493 e. The second kappa shape index (κ2) is 9.74. The first-order valence-electron chi connectivity index (χ1n) is 9.88. The van der Waals surface area contributed by atoms with Crippen LogP contribution in [0.1, 0.15) is 21.5 Å². The first-order chi connectivity index (χ1) is 15.2. The van der Waals surface area contributed by atoms with Crippen LogP contribution in [-0.2, 0) is 16.6 Å². The molecule has 0 unspecified atom stereocenters. The highest BCUT2D eigenvalue weighted by molar-refractivity contribution is 7.92. The van der Waals surface area contributed by atoms with Crippen molar-refractivity contribution in [3.8, 4) is 11.5 Å². The number of sulfonamides is 1.